The summed E-state index contributed by atoms with van der Waals surface area (Å²) in [6.07, 6.45) is -1.03. The number of nitro benzene ring substituents is 1. The van der Waals surface area contributed by atoms with Gasteiger partial charge in [0, 0.05) is 31.9 Å². The third-order valence-electron chi connectivity index (χ3n) is 3.79. The van der Waals surface area contributed by atoms with E-state index < -0.39 is 16.8 Å². The summed E-state index contributed by atoms with van der Waals surface area (Å²) < 4.78 is 22.1. The molecule has 0 N–H and O–H groups in total. The van der Waals surface area contributed by atoms with E-state index in [1.807, 2.05) is 6.92 Å². The highest BCUT2D eigenvalue weighted by atomic mass is 16.7. The maximum absolute atomic E-state index is 10.8. The smallest absolute Gasteiger partial charge is 0.270 e. The number of epoxide rings is 1. The minimum Gasteiger partial charge on any atom is -0.479 e. The van der Waals surface area contributed by atoms with Crippen molar-refractivity contribution in [2.75, 3.05) is 14.2 Å². The Labute approximate surface area is 115 Å². The molecule has 0 aliphatic carbocycles. The number of nitrogens with zero attached hydrogens (tertiary/aromatic N) is 1. The van der Waals surface area contributed by atoms with Crippen molar-refractivity contribution in [2.45, 2.75) is 31.0 Å². The zero-order valence-electron chi connectivity index (χ0n) is 11.4. The van der Waals surface area contributed by atoms with Crippen LogP contribution in [0.15, 0.2) is 18.2 Å². The van der Waals surface area contributed by atoms with Crippen molar-refractivity contribution in [3.63, 3.8) is 0 Å². The fourth-order valence-corrected chi connectivity index (χ4v) is 2.79. The van der Waals surface area contributed by atoms with Gasteiger partial charge in [-0.3, -0.25) is 10.1 Å². The summed E-state index contributed by atoms with van der Waals surface area (Å²) in [6, 6.07) is 4.50. The van der Waals surface area contributed by atoms with Gasteiger partial charge in [-0.1, -0.05) is 0 Å². The quantitative estimate of drug-likeness (QED) is 0.362. The van der Waals surface area contributed by atoms with Gasteiger partial charge in [0.2, 0.25) is 0 Å². The maximum atomic E-state index is 10.8. The zero-order chi connectivity index (χ0) is 14.5. The van der Waals surface area contributed by atoms with Crippen molar-refractivity contribution < 1.29 is 23.9 Å². The first-order valence-corrected chi connectivity index (χ1v) is 6.19. The van der Waals surface area contributed by atoms with E-state index >= 15 is 0 Å². The molecule has 2 aliphatic heterocycles. The molecular formula is C13H15NO6. The molecule has 1 saturated heterocycles. The van der Waals surface area contributed by atoms with Crippen LogP contribution in [0.5, 0.6) is 5.75 Å². The van der Waals surface area contributed by atoms with Gasteiger partial charge in [-0.2, -0.15) is 0 Å². The van der Waals surface area contributed by atoms with Crippen molar-refractivity contribution in [3.8, 4) is 5.75 Å². The van der Waals surface area contributed by atoms with Gasteiger partial charge in [0.25, 0.3) is 5.69 Å². The van der Waals surface area contributed by atoms with Gasteiger partial charge < -0.3 is 18.9 Å². The second kappa shape index (κ2) is 4.41. The van der Waals surface area contributed by atoms with Crippen molar-refractivity contribution >= 4 is 5.69 Å². The number of hydrogen-bond donors (Lipinski definition) is 0. The van der Waals surface area contributed by atoms with E-state index in [2.05, 4.69) is 0 Å². The van der Waals surface area contributed by atoms with E-state index in [1.165, 1.54) is 26.4 Å². The van der Waals surface area contributed by atoms with E-state index in [1.54, 1.807) is 6.07 Å². The molecule has 0 spiro atoms. The van der Waals surface area contributed by atoms with E-state index in [0.717, 1.165) is 0 Å². The van der Waals surface area contributed by atoms with Crippen LogP contribution in [0, 0.1) is 10.1 Å². The molecule has 1 aromatic rings. The lowest BCUT2D eigenvalue weighted by Gasteiger charge is -2.37. The lowest BCUT2D eigenvalue weighted by Crippen LogP contribution is -2.53. The fraction of sp³-hybridized carbons (Fsp3) is 0.538. The second-order valence-corrected chi connectivity index (χ2v) is 5.05. The standard InChI is InChI=1S/C13H15NO6/c1-13(12(17-2)18-3)11-10(19-11)8-6-7(14(15)16)4-5-9(8)20-13/h4-6,10-12H,1-3H3/t10-,11+,13+/m0/s1. The highest BCUT2D eigenvalue weighted by Gasteiger charge is 2.63. The number of rotatable bonds is 4. The number of nitro groups is 1. The summed E-state index contributed by atoms with van der Waals surface area (Å²) in [5.41, 5.74) is -0.0509. The summed E-state index contributed by atoms with van der Waals surface area (Å²) in [5.74, 6) is 0.566. The van der Waals surface area contributed by atoms with Gasteiger partial charge in [0.15, 0.2) is 11.9 Å². The van der Waals surface area contributed by atoms with Gasteiger partial charge in [0.05, 0.1) is 4.92 Å². The molecule has 0 unspecified atom stereocenters. The normalized spacial score (nSPS) is 30.4. The molecule has 0 radical (unpaired) electrons. The molecule has 7 heteroatoms. The molecule has 2 aliphatic rings. The first-order chi connectivity index (χ1) is 9.51. The van der Waals surface area contributed by atoms with E-state index in [9.17, 15) is 10.1 Å². The van der Waals surface area contributed by atoms with Crippen molar-refractivity contribution in [3.05, 3.63) is 33.9 Å². The Morgan fingerprint density at radius 1 is 1.40 bits per heavy atom. The summed E-state index contributed by atoms with van der Waals surface area (Å²) in [5, 5.41) is 10.8. The molecule has 0 aromatic heterocycles. The first-order valence-electron chi connectivity index (χ1n) is 6.19. The van der Waals surface area contributed by atoms with E-state index in [-0.39, 0.29) is 17.9 Å². The van der Waals surface area contributed by atoms with Crippen LogP contribution in [0.3, 0.4) is 0 Å². The number of ether oxygens (including phenoxy) is 4. The number of methoxy groups -OCH3 is 2. The highest BCUT2D eigenvalue weighted by molar-refractivity contribution is 5.49. The Morgan fingerprint density at radius 2 is 2.10 bits per heavy atom. The molecule has 7 nitrogen and oxygen atoms in total. The van der Waals surface area contributed by atoms with Gasteiger partial charge in [-0.05, 0) is 13.0 Å². The van der Waals surface area contributed by atoms with Gasteiger partial charge in [-0.15, -0.1) is 0 Å². The van der Waals surface area contributed by atoms with Crippen molar-refractivity contribution in [2.24, 2.45) is 0 Å². The van der Waals surface area contributed by atoms with Crippen LogP contribution in [-0.2, 0) is 14.2 Å². The van der Waals surface area contributed by atoms with Gasteiger partial charge in [-0.25, -0.2) is 0 Å². The molecule has 1 fully saturated rings. The minimum atomic E-state index is -0.780. The molecule has 0 amide bonds. The Kier molecular flexibility index (Phi) is 2.93. The summed E-state index contributed by atoms with van der Waals surface area (Å²) in [6.45, 7) is 1.85. The molecule has 3 atom stereocenters. The van der Waals surface area contributed by atoms with Gasteiger partial charge in [0.1, 0.15) is 18.0 Å². The molecule has 108 valence electrons. The number of hydrogen-bond acceptors (Lipinski definition) is 6. The Balaban J connectivity index is 1.97. The monoisotopic (exact) mass is 281 g/mol. The predicted octanol–water partition coefficient (Wildman–Crippen LogP) is 1.80. The lowest BCUT2D eigenvalue weighted by molar-refractivity contribution is -0.385. The summed E-state index contributed by atoms with van der Waals surface area (Å²) >= 11 is 0. The average Bonchev–Trinajstić information content (AvgIpc) is 3.21. The summed E-state index contributed by atoms with van der Waals surface area (Å²) in [4.78, 5) is 10.4. The lowest BCUT2D eigenvalue weighted by atomic mass is 9.91. The van der Waals surface area contributed by atoms with Crippen LogP contribution < -0.4 is 4.74 Å². The third kappa shape index (κ3) is 1.78. The molecular weight excluding hydrogens is 266 g/mol. The highest BCUT2D eigenvalue weighted by Crippen LogP contribution is 2.55. The Morgan fingerprint density at radius 3 is 2.70 bits per heavy atom. The van der Waals surface area contributed by atoms with Crippen LogP contribution in [0.4, 0.5) is 5.69 Å². The van der Waals surface area contributed by atoms with Crippen LogP contribution in [-0.4, -0.2) is 37.1 Å². The second-order valence-electron chi connectivity index (χ2n) is 5.05. The fourth-order valence-electron chi connectivity index (χ4n) is 2.79. The maximum Gasteiger partial charge on any atom is 0.270 e. The topological polar surface area (TPSA) is 83.4 Å². The van der Waals surface area contributed by atoms with Crippen LogP contribution >= 0.6 is 0 Å². The van der Waals surface area contributed by atoms with Crippen LogP contribution in [0.25, 0.3) is 0 Å². The molecule has 1 aromatic carbocycles. The van der Waals surface area contributed by atoms with Gasteiger partial charge >= 0.3 is 0 Å². The zero-order valence-corrected chi connectivity index (χ0v) is 11.4. The van der Waals surface area contributed by atoms with E-state index in [0.29, 0.717) is 11.3 Å². The van der Waals surface area contributed by atoms with E-state index in [4.69, 9.17) is 18.9 Å². The average molecular weight is 281 g/mol. The number of benzene rings is 1. The Hall–Kier alpha value is -1.70. The van der Waals surface area contributed by atoms with Crippen molar-refractivity contribution in [1.29, 1.82) is 0 Å². The molecule has 2 heterocycles. The minimum absolute atomic E-state index is 0.0280. The first kappa shape index (κ1) is 13.3. The summed E-state index contributed by atoms with van der Waals surface area (Å²) in [7, 11) is 3.07. The number of fused-ring (bicyclic) bond motifs is 3. The van der Waals surface area contributed by atoms with Crippen LogP contribution in [0.1, 0.15) is 18.6 Å². The Bertz CT molecular complexity index is 558. The third-order valence-corrected chi connectivity index (χ3v) is 3.79. The van der Waals surface area contributed by atoms with Crippen LogP contribution in [0.2, 0.25) is 0 Å². The molecule has 0 bridgehead atoms. The molecule has 0 saturated carbocycles. The molecule has 3 rings (SSSR count). The predicted molar refractivity (Wildman–Crippen MR) is 67.5 cm³/mol. The van der Waals surface area contributed by atoms with Crippen molar-refractivity contribution in [1.82, 2.24) is 0 Å². The SMILES string of the molecule is COC(OC)[C@]1(C)Oc2ccc([N+](=O)[O-])cc2[C@@H]2O[C@H]21. The largest absolute Gasteiger partial charge is 0.479 e. The molecule has 20 heavy (non-hydrogen) atoms. The number of non-ortho nitro benzene ring substituents is 1.